The number of hydrogen-bond acceptors (Lipinski definition) is 2. The molecule has 3 fully saturated rings. The zero-order valence-corrected chi connectivity index (χ0v) is 11.3. The summed E-state index contributed by atoms with van der Waals surface area (Å²) in [6.45, 7) is 0.882. The van der Waals surface area contributed by atoms with Gasteiger partial charge in [-0.3, -0.25) is 4.79 Å². The highest BCUT2D eigenvalue weighted by atomic mass is 16.2. The summed E-state index contributed by atoms with van der Waals surface area (Å²) in [6.07, 6.45) is 10.7. The van der Waals surface area contributed by atoms with Gasteiger partial charge in [0.05, 0.1) is 5.54 Å². The molecule has 0 radical (unpaired) electrons. The largest absolute Gasteiger partial charge is 0.354 e. The fraction of sp³-hybridized carbons (Fsp3) is 0.933. The van der Waals surface area contributed by atoms with Crippen LogP contribution < -0.4 is 11.1 Å². The molecule has 3 aliphatic rings. The van der Waals surface area contributed by atoms with Crippen molar-refractivity contribution in [3.63, 3.8) is 0 Å². The Hall–Kier alpha value is -0.570. The first-order valence-corrected chi connectivity index (χ1v) is 7.76. The lowest BCUT2D eigenvalue weighted by molar-refractivity contribution is -0.127. The van der Waals surface area contributed by atoms with E-state index < -0.39 is 5.54 Å². The molecule has 3 aliphatic carbocycles. The van der Waals surface area contributed by atoms with E-state index in [-0.39, 0.29) is 5.91 Å². The van der Waals surface area contributed by atoms with Crippen molar-refractivity contribution in [3.8, 4) is 0 Å². The molecular formula is C15H26N2O. The fourth-order valence-electron chi connectivity index (χ4n) is 3.56. The van der Waals surface area contributed by atoms with Crippen molar-refractivity contribution in [2.24, 2.45) is 23.5 Å². The Morgan fingerprint density at radius 3 is 2.17 bits per heavy atom. The standard InChI is InChI=1S/C15H26N2O/c16-15(8-2-1-3-9-15)14(18)17-10-13(11-4-5-11)12-6-7-12/h11-13H,1-10,16H2,(H,17,18). The molecule has 0 aromatic carbocycles. The first-order chi connectivity index (χ1) is 8.69. The smallest absolute Gasteiger partial charge is 0.240 e. The second-order valence-electron chi connectivity index (χ2n) is 6.77. The highest BCUT2D eigenvalue weighted by molar-refractivity contribution is 5.86. The third kappa shape index (κ3) is 2.71. The minimum atomic E-state index is -0.560. The molecule has 0 unspecified atom stereocenters. The maximum absolute atomic E-state index is 12.3. The summed E-state index contributed by atoms with van der Waals surface area (Å²) in [7, 11) is 0. The molecule has 3 saturated carbocycles. The molecule has 3 rings (SSSR count). The normalized spacial score (nSPS) is 27.2. The van der Waals surface area contributed by atoms with Gasteiger partial charge in [-0.25, -0.2) is 0 Å². The van der Waals surface area contributed by atoms with Gasteiger partial charge in [-0.2, -0.15) is 0 Å². The van der Waals surface area contributed by atoms with Crippen LogP contribution in [0.15, 0.2) is 0 Å². The molecule has 0 spiro atoms. The summed E-state index contributed by atoms with van der Waals surface area (Å²) in [5.41, 5.74) is 5.70. The van der Waals surface area contributed by atoms with E-state index in [2.05, 4.69) is 5.32 Å². The molecule has 0 aromatic heterocycles. The van der Waals surface area contributed by atoms with Gasteiger partial charge in [-0.15, -0.1) is 0 Å². The molecule has 0 heterocycles. The Morgan fingerprint density at radius 1 is 1.11 bits per heavy atom. The van der Waals surface area contributed by atoms with E-state index in [4.69, 9.17) is 5.73 Å². The molecule has 3 N–H and O–H groups in total. The van der Waals surface area contributed by atoms with Crippen LogP contribution in [0.3, 0.4) is 0 Å². The molecule has 18 heavy (non-hydrogen) atoms. The minimum absolute atomic E-state index is 0.119. The van der Waals surface area contributed by atoms with Crippen LogP contribution in [0.4, 0.5) is 0 Å². The molecule has 1 amide bonds. The molecule has 3 heteroatoms. The Balaban J connectivity index is 1.50. The van der Waals surface area contributed by atoms with Crippen molar-refractivity contribution in [3.05, 3.63) is 0 Å². The zero-order valence-electron chi connectivity index (χ0n) is 11.3. The Bertz CT molecular complexity index is 302. The molecule has 0 aromatic rings. The van der Waals surface area contributed by atoms with Gasteiger partial charge in [-0.1, -0.05) is 19.3 Å². The van der Waals surface area contributed by atoms with E-state index in [1.165, 1.54) is 32.1 Å². The number of carbonyl (C=O) groups is 1. The number of hydrogen-bond donors (Lipinski definition) is 2. The number of nitrogens with two attached hydrogens (primary N) is 1. The predicted octanol–water partition coefficient (Wildman–Crippen LogP) is 2.20. The van der Waals surface area contributed by atoms with Crippen LogP contribution in [0, 0.1) is 17.8 Å². The monoisotopic (exact) mass is 250 g/mol. The molecule has 0 saturated heterocycles. The van der Waals surface area contributed by atoms with E-state index >= 15 is 0 Å². The molecule has 102 valence electrons. The average molecular weight is 250 g/mol. The lowest BCUT2D eigenvalue weighted by atomic mass is 9.81. The van der Waals surface area contributed by atoms with E-state index in [1.807, 2.05) is 0 Å². The number of carbonyl (C=O) groups excluding carboxylic acids is 1. The first kappa shape index (κ1) is 12.5. The third-order valence-corrected chi connectivity index (χ3v) is 5.15. The van der Waals surface area contributed by atoms with Crippen molar-refractivity contribution in [2.45, 2.75) is 63.3 Å². The van der Waals surface area contributed by atoms with Crippen LogP contribution in [0.1, 0.15) is 57.8 Å². The van der Waals surface area contributed by atoms with Crippen LogP contribution in [0.2, 0.25) is 0 Å². The Morgan fingerprint density at radius 2 is 1.67 bits per heavy atom. The van der Waals surface area contributed by atoms with Gasteiger partial charge < -0.3 is 11.1 Å². The summed E-state index contributed by atoms with van der Waals surface area (Å²) in [4.78, 5) is 12.3. The van der Waals surface area contributed by atoms with Gasteiger partial charge in [0.25, 0.3) is 0 Å². The SMILES string of the molecule is NC1(C(=O)NCC(C2CC2)C2CC2)CCCCC1. The second kappa shape index (κ2) is 4.84. The van der Waals surface area contributed by atoms with E-state index in [0.29, 0.717) is 0 Å². The molecule has 0 bridgehead atoms. The van der Waals surface area contributed by atoms with Gasteiger partial charge in [0, 0.05) is 6.54 Å². The summed E-state index contributed by atoms with van der Waals surface area (Å²) >= 11 is 0. The maximum atomic E-state index is 12.3. The minimum Gasteiger partial charge on any atom is -0.354 e. The van der Waals surface area contributed by atoms with E-state index in [1.54, 1.807) is 0 Å². The summed E-state index contributed by atoms with van der Waals surface area (Å²) in [6, 6.07) is 0. The van der Waals surface area contributed by atoms with Crippen LogP contribution in [0.5, 0.6) is 0 Å². The number of amides is 1. The predicted molar refractivity (Wildman–Crippen MR) is 72.0 cm³/mol. The average Bonchev–Trinajstić information content (AvgIpc) is 3.24. The molecule has 0 aliphatic heterocycles. The quantitative estimate of drug-likeness (QED) is 0.786. The van der Waals surface area contributed by atoms with Crippen molar-refractivity contribution in [1.82, 2.24) is 5.32 Å². The lowest BCUT2D eigenvalue weighted by Gasteiger charge is -2.32. The lowest BCUT2D eigenvalue weighted by Crippen LogP contribution is -2.55. The number of nitrogens with one attached hydrogen (secondary N) is 1. The second-order valence-corrected chi connectivity index (χ2v) is 6.77. The molecule has 0 atom stereocenters. The summed E-state index contributed by atoms with van der Waals surface area (Å²) in [5.74, 6) is 2.67. The summed E-state index contributed by atoms with van der Waals surface area (Å²) in [5, 5.41) is 3.17. The van der Waals surface area contributed by atoms with Gasteiger partial charge in [0.15, 0.2) is 0 Å². The van der Waals surface area contributed by atoms with Gasteiger partial charge in [0.2, 0.25) is 5.91 Å². The van der Waals surface area contributed by atoms with E-state index in [9.17, 15) is 4.79 Å². The molecule has 3 nitrogen and oxygen atoms in total. The van der Waals surface area contributed by atoms with Crippen LogP contribution in [0.25, 0.3) is 0 Å². The van der Waals surface area contributed by atoms with Gasteiger partial charge in [0.1, 0.15) is 0 Å². The van der Waals surface area contributed by atoms with Crippen molar-refractivity contribution >= 4 is 5.91 Å². The Labute approximate surface area is 110 Å². The highest BCUT2D eigenvalue weighted by Crippen LogP contribution is 2.48. The van der Waals surface area contributed by atoms with Crippen LogP contribution >= 0.6 is 0 Å². The zero-order chi connectivity index (χ0) is 12.6. The molecular weight excluding hydrogens is 224 g/mol. The van der Waals surface area contributed by atoms with Crippen molar-refractivity contribution in [2.75, 3.05) is 6.54 Å². The first-order valence-electron chi connectivity index (χ1n) is 7.76. The summed E-state index contributed by atoms with van der Waals surface area (Å²) < 4.78 is 0. The van der Waals surface area contributed by atoms with Gasteiger partial charge >= 0.3 is 0 Å². The van der Waals surface area contributed by atoms with E-state index in [0.717, 1.165) is 50.0 Å². The third-order valence-electron chi connectivity index (χ3n) is 5.15. The Kier molecular flexibility index (Phi) is 3.35. The fourth-order valence-corrected chi connectivity index (χ4v) is 3.56. The maximum Gasteiger partial charge on any atom is 0.240 e. The highest BCUT2D eigenvalue weighted by Gasteiger charge is 2.42. The van der Waals surface area contributed by atoms with Gasteiger partial charge in [-0.05, 0) is 56.3 Å². The topological polar surface area (TPSA) is 55.1 Å². The number of rotatable bonds is 5. The van der Waals surface area contributed by atoms with Crippen LogP contribution in [-0.4, -0.2) is 18.0 Å². The van der Waals surface area contributed by atoms with Crippen LogP contribution in [-0.2, 0) is 4.79 Å². The van der Waals surface area contributed by atoms with Crippen molar-refractivity contribution in [1.29, 1.82) is 0 Å². The van der Waals surface area contributed by atoms with Crippen molar-refractivity contribution < 1.29 is 4.79 Å².